The van der Waals surface area contributed by atoms with Crippen LogP contribution in [0.2, 0.25) is 0 Å². The first-order valence-electron chi connectivity index (χ1n) is 5.45. The predicted molar refractivity (Wildman–Crippen MR) is 61.5 cm³/mol. The van der Waals surface area contributed by atoms with Gasteiger partial charge in [-0.05, 0) is 25.1 Å². The molecule has 0 amide bonds. The average molecular weight is 200 g/mol. The molecule has 0 aliphatic carbocycles. The maximum atomic E-state index is 8.87. The van der Waals surface area contributed by atoms with E-state index in [1.165, 1.54) is 5.57 Å². The van der Waals surface area contributed by atoms with Crippen molar-refractivity contribution in [2.75, 3.05) is 39.3 Å². The Bertz CT molecular complexity index is 142. The molecule has 3 heteroatoms. The standard InChI is InChI=1S/C11H24N2O/c1-4-6-13(7-8-14)10-11(3)9-12-5-2/h12,14H,3-10H2,1-2H3. The Morgan fingerprint density at radius 2 is 2.07 bits per heavy atom. The van der Waals surface area contributed by atoms with Crippen molar-refractivity contribution in [3.05, 3.63) is 12.2 Å². The molecule has 2 N–H and O–H groups in total. The topological polar surface area (TPSA) is 35.5 Å². The number of nitrogens with one attached hydrogen (secondary N) is 1. The highest BCUT2D eigenvalue weighted by molar-refractivity contribution is 4.99. The zero-order valence-corrected chi connectivity index (χ0v) is 9.55. The zero-order chi connectivity index (χ0) is 10.8. The molecule has 0 spiro atoms. The lowest BCUT2D eigenvalue weighted by molar-refractivity contribution is 0.205. The molecule has 0 saturated carbocycles. The molecule has 3 nitrogen and oxygen atoms in total. The van der Waals surface area contributed by atoms with Crippen LogP contribution in [0.1, 0.15) is 20.3 Å². The van der Waals surface area contributed by atoms with E-state index >= 15 is 0 Å². The molecule has 84 valence electrons. The lowest BCUT2D eigenvalue weighted by Crippen LogP contribution is -2.32. The van der Waals surface area contributed by atoms with Crippen molar-refractivity contribution in [1.29, 1.82) is 0 Å². The lowest BCUT2D eigenvalue weighted by atomic mass is 10.2. The highest BCUT2D eigenvalue weighted by atomic mass is 16.3. The minimum atomic E-state index is 0.231. The van der Waals surface area contributed by atoms with Crippen molar-refractivity contribution in [2.45, 2.75) is 20.3 Å². The van der Waals surface area contributed by atoms with E-state index < -0.39 is 0 Å². The maximum absolute atomic E-state index is 8.87. The fraction of sp³-hybridized carbons (Fsp3) is 0.818. The van der Waals surface area contributed by atoms with Gasteiger partial charge < -0.3 is 10.4 Å². The van der Waals surface area contributed by atoms with E-state index in [2.05, 4.69) is 30.6 Å². The van der Waals surface area contributed by atoms with Gasteiger partial charge in [-0.2, -0.15) is 0 Å². The van der Waals surface area contributed by atoms with Crippen LogP contribution in [0.4, 0.5) is 0 Å². The molecule has 0 aliphatic rings. The molecule has 14 heavy (non-hydrogen) atoms. The Balaban J connectivity index is 3.71. The average Bonchev–Trinajstić information content (AvgIpc) is 2.15. The Kier molecular flexibility index (Phi) is 8.94. The fourth-order valence-corrected chi connectivity index (χ4v) is 1.40. The first kappa shape index (κ1) is 13.6. The number of nitrogens with zero attached hydrogens (tertiary/aromatic N) is 1. The van der Waals surface area contributed by atoms with E-state index in [1.807, 2.05) is 0 Å². The van der Waals surface area contributed by atoms with Crippen LogP contribution in [0.3, 0.4) is 0 Å². The number of hydrogen-bond donors (Lipinski definition) is 2. The van der Waals surface area contributed by atoms with E-state index in [9.17, 15) is 0 Å². The SMILES string of the molecule is C=C(CNCC)CN(CCC)CCO. The van der Waals surface area contributed by atoms with Gasteiger partial charge in [-0.25, -0.2) is 0 Å². The van der Waals surface area contributed by atoms with E-state index in [4.69, 9.17) is 5.11 Å². The third kappa shape index (κ3) is 7.06. The van der Waals surface area contributed by atoms with Crippen molar-refractivity contribution < 1.29 is 5.11 Å². The minimum absolute atomic E-state index is 0.231. The molecule has 0 aromatic rings. The summed E-state index contributed by atoms with van der Waals surface area (Å²) >= 11 is 0. The van der Waals surface area contributed by atoms with E-state index in [1.54, 1.807) is 0 Å². The van der Waals surface area contributed by atoms with Gasteiger partial charge in [-0.1, -0.05) is 20.4 Å². The van der Waals surface area contributed by atoms with Gasteiger partial charge in [-0.15, -0.1) is 0 Å². The normalized spacial score (nSPS) is 10.9. The molecule has 0 aliphatic heterocycles. The first-order valence-corrected chi connectivity index (χ1v) is 5.45. The van der Waals surface area contributed by atoms with Gasteiger partial charge >= 0.3 is 0 Å². The molecule has 0 saturated heterocycles. The second-order valence-corrected chi connectivity index (χ2v) is 3.53. The highest BCUT2D eigenvalue weighted by Crippen LogP contribution is 1.97. The molecule has 0 atom stereocenters. The van der Waals surface area contributed by atoms with E-state index in [0.717, 1.165) is 39.1 Å². The zero-order valence-electron chi connectivity index (χ0n) is 9.55. The number of rotatable bonds is 9. The summed E-state index contributed by atoms with van der Waals surface area (Å²) in [5, 5.41) is 12.1. The van der Waals surface area contributed by atoms with Gasteiger partial charge in [0.05, 0.1) is 6.61 Å². The summed E-state index contributed by atoms with van der Waals surface area (Å²) in [7, 11) is 0. The van der Waals surface area contributed by atoms with Gasteiger partial charge in [0.15, 0.2) is 0 Å². The Morgan fingerprint density at radius 1 is 1.36 bits per heavy atom. The molecule has 0 fully saturated rings. The molecule has 0 heterocycles. The third-order valence-electron chi connectivity index (χ3n) is 2.03. The fourth-order valence-electron chi connectivity index (χ4n) is 1.40. The Morgan fingerprint density at radius 3 is 2.57 bits per heavy atom. The predicted octanol–water partition coefficient (Wildman–Crippen LogP) is 0.856. The first-order chi connectivity index (χ1) is 6.74. The maximum Gasteiger partial charge on any atom is 0.0558 e. The summed E-state index contributed by atoms with van der Waals surface area (Å²) < 4.78 is 0. The number of hydrogen-bond acceptors (Lipinski definition) is 3. The van der Waals surface area contributed by atoms with Crippen molar-refractivity contribution in [2.24, 2.45) is 0 Å². The second kappa shape index (κ2) is 9.19. The largest absolute Gasteiger partial charge is 0.395 e. The molecule has 0 bridgehead atoms. The molecule has 0 radical (unpaired) electrons. The molecular weight excluding hydrogens is 176 g/mol. The van der Waals surface area contributed by atoms with Crippen LogP contribution in [0.5, 0.6) is 0 Å². The molecule has 0 unspecified atom stereocenters. The van der Waals surface area contributed by atoms with Gasteiger partial charge in [-0.3, -0.25) is 4.90 Å². The summed E-state index contributed by atoms with van der Waals surface area (Å²) in [5.41, 5.74) is 1.19. The third-order valence-corrected chi connectivity index (χ3v) is 2.03. The monoisotopic (exact) mass is 200 g/mol. The van der Waals surface area contributed by atoms with Crippen molar-refractivity contribution in [1.82, 2.24) is 10.2 Å². The van der Waals surface area contributed by atoms with Crippen LogP contribution in [-0.4, -0.2) is 49.3 Å². The summed E-state index contributed by atoms with van der Waals surface area (Å²) in [4.78, 5) is 2.24. The molecule has 0 aromatic heterocycles. The quantitative estimate of drug-likeness (QED) is 0.542. The van der Waals surface area contributed by atoms with Crippen molar-refractivity contribution in [3.63, 3.8) is 0 Å². The lowest BCUT2D eigenvalue weighted by Gasteiger charge is -2.21. The summed E-state index contributed by atoms with van der Waals surface area (Å²) in [6, 6.07) is 0. The summed E-state index contributed by atoms with van der Waals surface area (Å²) in [5.74, 6) is 0. The minimum Gasteiger partial charge on any atom is -0.395 e. The number of aliphatic hydroxyl groups is 1. The van der Waals surface area contributed by atoms with Crippen molar-refractivity contribution in [3.8, 4) is 0 Å². The van der Waals surface area contributed by atoms with Crippen molar-refractivity contribution >= 4 is 0 Å². The smallest absolute Gasteiger partial charge is 0.0558 e. The van der Waals surface area contributed by atoms with Crippen LogP contribution < -0.4 is 5.32 Å². The van der Waals surface area contributed by atoms with Crippen LogP contribution in [0.25, 0.3) is 0 Å². The Hall–Kier alpha value is -0.380. The van der Waals surface area contributed by atoms with Crippen LogP contribution in [0, 0.1) is 0 Å². The summed E-state index contributed by atoms with van der Waals surface area (Å²) in [6.45, 7) is 13.0. The number of aliphatic hydroxyl groups excluding tert-OH is 1. The van der Waals surface area contributed by atoms with E-state index in [-0.39, 0.29) is 6.61 Å². The second-order valence-electron chi connectivity index (χ2n) is 3.53. The molecular formula is C11H24N2O. The van der Waals surface area contributed by atoms with Gasteiger partial charge in [0.1, 0.15) is 0 Å². The van der Waals surface area contributed by atoms with Crippen LogP contribution >= 0.6 is 0 Å². The molecule has 0 aromatic carbocycles. The Labute approximate surface area is 87.8 Å². The van der Waals surface area contributed by atoms with Crippen LogP contribution in [0.15, 0.2) is 12.2 Å². The highest BCUT2D eigenvalue weighted by Gasteiger charge is 2.04. The molecule has 0 rings (SSSR count). The van der Waals surface area contributed by atoms with Crippen LogP contribution in [-0.2, 0) is 0 Å². The summed E-state index contributed by atoms with van der Waals surface area (Å²) in [6.07, 6.45) is 1.12. The number of likely N-dealkylation sites (N-methyl/N-ethyl adjacent to an activating group) is 1. The van der Waals surface area contributed by atoms with Gasteiger partial charge in [0.25, 0.3) is 0 Å². The van der Waals surface area contributed by atoms with Gasteiger partial charge in [0, 0.05) is 19.6 Å². The van der Waals surface area contributed by atoms with E-state index in [0.29, 0.717) is 0 Å². The van der Waals surface area contributed by atoms with Gasteiger partial charge in [0.2, 0.25) is 0 Å².